The zero-order valence-corrected chi connectivity index (χ0v) is 13.7. The second kappa shape index (κ2) is 7.04. The van der Waals surface area contributed by atoms with Crippen LogP contribution in [0.3, 0.4) is 0 Å². The molecule has 2 aliphatic rings. The van der Waals surface area contributed by atoms with E-state index in [1.54, 1.807) is 0 Å². The van der Waals surface area contributed by atoms with Crippen molar-refractivity contribution < 1.29 is 13.2 Å². The molecule has 2 heterocycles. The molecule has 21 heavy (non-hydrogen) atoms. The molecule has 2 N–H and O–H groups in total. The van der Waals surface area contributed by atoms with Crippen molar-refractivity contribution in [2.24, 2.45) is 5.92 Å². The molecule has 1 amide bonds. The van der Waals surface area contributed by atoms with Gasteiger partial charge < -0.3 is 10.6 Å². The number of piperidine rings is 1. The summed E-state index contributed by atoms with van der Waals surface area (Å²) in [5, 5.41) is 5.82. The largest absolute Gasteiger partial charge is 0.355 e. The minimum atomic E-state index is -3.56. The van der Waals surface area contributed by atoms with Crippen molar-refractivity contribution >= 4 is 16.1 Å². The third-order valence-electron chi connectivity index (χ3n) is 4.21. The molecule has 0 spiro atoms. The highest BCUT2D eigenvalue weighted by Crippen LogP contribution is 2.22. The first-order valence-electron chi connectivity index (χ1n) is 7.72. The summed E-state index contributed by atoms with van der Waals surface area (Å²) >= 11 is 0. The van der Waals surface area contributed by atoms with E-state index in [1.165, 1.54) is 8.61 Å². The first-order valence-corrected chi connectivity index (χ1v) is 9.11. The van der Waals surface area contributed by atoms with Crippen LogP contribution in [0.25, 0.3) is 0 Å². The molecule has 1 unspecified atom stereocenters. The maximum Gasteiger partial charge on any atom is 0.282 e. The lowest BCUT2D eigenvalue weighted by Crippen LogP contribution is -2.62. The predicted molar refractivity (Wildman–Crippen MR) is 80.9 cm³/mol. The second-order valence-electron chi connectivity index (χ2n) is 5.81. The standard InChI is InChI=1S/C13H26N4O3S/c1-3-15-13(18)12-10-14-6-9-17(12)21(19,20)16-7-4-11(2)5-8-16/h11-12,14H,3-10H2,1-2H3,(H,15,18). The Morgan fingerprint density at radius 3 is 2.57 bits per heavy atom. The summed E-state index contributed by atoms with van der Waals surface area (Å²) in [6.45, 7) is 6.88. The van der Waals surface area contributed by atoms with Gasteiger partial charge in [0.05, 0.1) is 0 Å². The van der Waals surface area contributed by atoms with Gasteiger partial charge in [0.2, 0.25) is 5.91 Å². The highest BCUT2D eigenvalue weighted by Gasteiger charge is 2.40. The Kier molecular flexibility index (Phi) is 5.59. The van der Waals surface area contributed by atoms with Crippen molar-refractivity contribution in [2.75, 3.05) is 39.3 Å². The molecule has 0 aromatic rings. The smallest absolute Gasteiger partial charge is 0.282 e. The van der Waals surface area contributed by atoms with Crippen LogP contribution in [-0.4, -0.2) is 68.2 Å². The van der Waals surface area contributed by atoms with Gasteiger partial charge in [0.15, 0.2) is 0 Å². The predicted octanol–water partition coefficient (Wildman–Crippen LogP) is -0.627. The van der Waals surface area contributed by atoms with Crippen molar-refractivity contribution in [3.63, 3.8) is 0 Å². The van der Waals surface area contributed by atoms with Crippen LogP contribution >= 0.6 is 0 Å². The number of nitrogens with one attached hydrogen (secondary N) is 2. The Bertz CT molecular complexity index is 460. The number of amides is 1. The maximum absolute atomic E-state index is 12.8. The number of rotatable bonds is 4. The monoisotopic (exact) mass is 318 g/mol. The summed E-state index contributed by atoms with van der Waals surface area (Å²) in [5.74, 6) is 0.345. The molecule has 0 aliphatic carbocycles. The molecule has 0 radical (unpaired) electrons. The van der Waals surface area contributed by atoms with Crippen molar-refractivity contribution in [3.05, 3.63) is 0 Å². The first-order chi connectivity index (χ1) is 9.96. The summed E-state index contributed by atoms with van der Waals surface area (Å²) in [5.41, 5.74) is 0. The van der Waals surface area contributed by atoms with E-state index in [9.17, 15) is 13.2 Å². The Morgan fingerprint density at radius 1 is 1.29 bits per heavy atom. The number of carbonyl (C=O) groups excluding carboxylic acids is 1. The molecule has 2 aliphatic heterocycles. The average molecular weight is 318 g/mol. The summed E-state index contributed by atoms with van der Waals surface area (Å²) in [4.78, 5) is 12.1. The van der Waals surface area contributed by atoms with Crippen LogP contribution in [-0.2, 0) is 15.0 Å². The van der Waals surface area contributed by atoms with Crippen molar-refractivity contribution in [1.29, 1.82) is 0 Å². The average Bonchev–Trinajstić information content (AvgIpc) is 2.48. The highest BCUT2D eigenvalue weighted by molar-refractivity contribution is 7.86. The van der Waals surface area contributed by atoms with Crippen LogP contribution in [0.5, 0.6) is 0 Å². The number of hydrogen-bond donors (Lipinski definition) is 2. The summed E-state index contributed by atoms with van der Waals surface area (Å²) in [6.07, 6.45) is 1.77. The first kappa shape index (κ1) is 16.7. The summed E-state index contributed by atoms with van der Waals surface area (Å²) < 4.78 is 28.5. The van der Waals surface area contributed by atoms with Crippen LogP contribution in [0.2, 0.25) is 0 Å². The van der Waals surface area contributed by atoms with Crippen LogP contribution in [0.1, 0.15) is 26.7 Å². The molecular formula is C13H26N4O3S. The topological polar surface area (TPSA) is 81.8 Å². The van der Waals surface area contributed by atoms with E-state index < -0.39 is 16.3 Å². The Hall–Kier alpha value is -0.700. The Labute approximate surface area is 127 Å². The molecule has 2 saturated heterocycles. The van der Waals surface area contributed by atoms with Crippen molar-refractivity contribution in [1.82, 2.24) is 19.2 Å². The van der Waals surface area contributed by atoms with E-state index in [1.807, 2.05) is 6.92 Å². The SMILES string of the molecule is CCNC(=O)C1CNCCN1S(=O)(=O)N1CCC(C)CC1. The molecule has 7 nitrogen and oxygen atoms in total. The molecule has 0 saturated carbocycles. The lowest BCUT2D eigenvalue weighted by atomic mass is 10.0. The molecule has 8 heteroatoms. The fourth-order valence-electron chi connectivity index (χ4n) is 2.84. The van der Waals surface area contributed by atoms with Crippen LogP contribution < -0.4 is 10.6 Å². The molecule has 0 aromatic heterocycles. The van der Waals surface area contributed by atoms with Gasteiger partial charge in [-0.2, -0.15) is 17.0 Å². The fourth-order valence-corrected chi connectivity index (χ4v) is 4.62. The van der Waals surface area contributed by atoms with Gasteiger partial charge in [-0.05, 0) is 25.7 Å². The van der Waals surface area contributed by atoms with E-state index >= 15 is 0 Å². The molecule has 122 valence electrons. The van der Waals surface area contributed by atoms with Crippen molar-refractivity contribution in [2.45, 2.75) is 32.7 Å². The van der Waals surface area contributed by atoms with Gasteiger partial charge in [0, 0.05) is 39.3 Å². The fraction of sp³-hybridized carbons (Fsp3) is 0.923. The van der Waals surface area contributed by atoms with Crippen LogP contribution in [0.15, 0.2) is 0 Å². The molecule has 1 atom stereocenters. The zero-order valence-electron chi connectivity index (χ0n) is 12.8. The molecule has 2 fully saturated rings. The van der Waals surface area contributed by atoms with Gasteiger partial charge in [-0.3, -0.25) is 4.79 Å². The molecule has 0 bridgehead atoms. The van der Waals surface area contributed by atoms with Gasteiger partial charge in [-0.25, -0.2) is 0 Å². The molecule has 2 rings (SSSR count). The normalized spacial score (nSPS) is 26.7. The van der Waals surface area contributed by atoms with Crippen LogP contribution in [0, 0.1) is 5.92 Å². The minimum Gasteiger partial charge on any atom is -0.355 e. The minimum absolute atomic E-state index is 0.223. The zero-order chi connectivity index (χ0) is 15.5. The Balaban J connectivity index is 2.13. The van der Waals surface area contributed by atoms with E-state index in [-0.39, 0.29) is 5.91 Å². The van der Waals surface area contributed by atoms with Gasteiger partial charge in [-0.1, -0.05) is 6.92 Å². The number of carbonyl (C=O) groups is 1. The molecule has 0 aromatic carbocycles. The van der Waals surface area contributed by atoms with E-state index in [0.29, 0.717) is 45.2 Å². The summed E-state index contributed by atoms with van der Waals surface area (Å²) in [6, 6.07) is -0.650. The third-order valence-corrected chi connectivity index (χ3v) is 6.26. The van der Waals surface area contributed by atoms with Gasteiger partial charge >= 0.3 is 0 Å². The van der Waals surface area contributed by atoms with Crippen LogP contribution in [0.4, 0.5) is 0 Å². The number of likely N-dealkylation sites (N-methyl/N-ethyl adjacent to an activating group) is 1. The lowest BCUT2D eigenvalue weighted by molar-refractivity contribution is -0.125. The van der Waals surface area contributed by atoms with Gasteiger partial charge in [0.25, 0.3) is 10.2 Å². The quantitative estimate of drug-likeness (QED) is 0.723. The third kappa shape index (κ3) is 3.74. The maximum atomic E-state index is 12.8. The number of nitrogens with zero attached hydrogens (tertiary/aromatic N) is 2. The number of hydrogen-bond acceptors (Lipinski definition) is 4. The second-order valence-corrected chi connectivity index (χ2v) is 7.70. The lowest BCUT2D eigenvalue weighted by Gasteiger charge is -2.39. The van der Waals surface area contributed by atoms with E-state index in [4.69, 9.17) is 0 Å². The number of piperazine rings is 1. The van der Waals surface area contributed by atoms with E-state index in [2.05, 4.69) is 17.6 Å². The van der Waals surface area contributed by atoms with Gasteiger partial charge in [0.1, 0.15) is 6.04 Å². The Morgan fingerprint density at radius 2 is 1.95 bits per heavy atom. The molecular weight excluding hydrogens is 292 g/mol. The summed E-state index contributed by atoms with van der Waals surface area (Å²) in [7, 11) is -3.56. The van der Waals surface area contributed by atoms with Crippen molar-refractivity contribution in [3.8, 4) is 0 Å². The van der Waals surface area contributed by atoms with E-state index in [0.717, 1.165) is 12.8 Å². The van der Waals surface area contributed by atoms with Gasteiger partial charge in [-0.15, -0.1) is 0 Å². The highest BCUT2D eigenvalue weighted by atomic mass is 32.2.